The first-order valence-electron chi connectivity index (χ1n) is 6.93. The minimum atomic E-state index is 0.405. The average molecular weight is 281 g/mol. The summed E-state index contributed by atoms with van der Waals surface area (Å²) in [5.74, 6) is 1.97. The van der Waals surface area contributed by atoms with Gasteiger partial charge in [0.25, 0.3) is 0 Å². The first kappa shape index (κ1) is 16.7. The Kier molecular flexibility index (Phi) is 6.75. The van der Waals surface area contributed by atoms with Gasteiger partial charge in [0.15, 0.2) is 11.5 Å². The van der Waals surface area contributed by atoms with Gasteiger partial charge in [0.1, 0.15) is 0 Å². The number of nitrogens with zero attached hydrogens (tertiary/aromatic N) is 2. The third kappa shape index (κ3) is 4.65. The standard InChI is InChI=1S/C15H27N3O2/c1-11(2)13(10-18(3)4)17-9-12-15(20-6)14(19-5)7-8-16-12/h7-8,11,13,17H,9-10H2,1-6H3. The van der Waals surface area contributed by atoms with Crippen LogP contribution in [0.1, 0.15) is 19.5 Å². The predicted molar refractivity (Wildman–Crippen MR) is 81.4 cm³/mol. The highest BCUT2D eigenvalue weighted by Crippen LogP contribution is 2.28. The third-order valence-corrected chi connectivity index (χ3v) is 3.26. The second-order valence-corrected chi connectivity index (χ2v) is 5.49. The SMILES string of the molecule is COc1ccnc(CNC(CN(C)C)C(C)C)c1OC. The number of hydrogen-bond acceptors (Lipinski definition) is 5. The Morgan fingerprint density at radius 3 is 2.45 bits per heavy atom. The van der Waals surface area contributed by atoms with Gasteiger partial charge in [-0.25, -0.2) is 0 Å². The summed E-state index contributed by atoms with van der Waals surface area (Å²) in [5, 5.41) is 3.55. The summed E-state index contributed by atoms with van der Waals surface area (Å²) >= 11 is 0. The molecule has 0 aliphatic rings. The van der Waals surface area contributed by atoms with Crippen molar-refractivity contribution in [2.45, 2.75) is 26.4 Å². The van der Waals surface area contributed by atoms with E-state index in [0.29, 0.717) is 30.0 Å². The van der Waals surface area contributed by atoms with Crippen LogP contribution in [0.5, 0.6) is 11.5 Å². The lowest BCUT2D eigenvalue weighted by Gasteiger charge is -2.26. The van der Waals surface area contributed by atoms with E-state index in [0.717, 1.165) is 12.2 Å². The molecule has 0 aliphatic heterocycles. The normalized spacial score (nSPS) is 12.8. The van der Waals surface area contributed by atoms with Gasteiger partial charge < -0.3 is 19.7 Å². The number of methoxy groups -OCH3 is 2. The minimum absolute atomic E-state index is 0.405. The summed E-state index contributed by atoms with van der Waals surface area (Å²) < 4.78 is 10.7. The van der Waals surface area contributed by atoms with E-state index in [4.69, 9.17) is 9.47 Å². The molecule has 0 fully saturated rings. The number of nitrogens with one attached hydrogen (secondary N) is 1. The number of hydrogen-bond donors (Lipinski definition) is 1. The zero-order valence-corrected chi connectivity index (χ0v) is 13.4. The Balaban J connectivity index is 2.77. The van der Waals surface area contributed by atoms with E-state index in [1.807, 2.05) is 6.07 Å². The maximum atomic E-state index is 5.40. The molecule has 1 rings (SSSR count). The first-order chi connectivity index (χ1) is 9.49. The van der Waals surface area contributed by atoms with E-state index in [1.54, 1.807) is 20.4 Å². The molecule has 1 unspecified atom stereocenters. The van der Waals surface area contributed by atoms with Crippen molar-refractivity contribution in [2.75, 3.05) is 34.9 Å². The molecular weight excluding hydrogens is 254 g/mol. The molecule has 0 bridgehead atoms. The molecule has 1 aromatic heterocycles. The quantitative estimate of drug-likeness (QED) is 0.787. The predicted octanol–water partition coefficient (Wildman–Crippen LogP) is 1.77. The highest BCUT2D eigenvalue weighted by molar-refractivity contribution is 5.42. The van der Waals surface area contributed by atoms with Crippen molar-refractivity contribution in [1.29, 1.82) is 0 Å². The Bertz CT molecular complexity index is 408. The summed E-state index contributed by atoms with van der Waals surface area (Å²) in [5.41, 5.74) is 0.872. The smallest absolute Gasteiger partial charge is 0.183 e. The fraction of sp³-hybridized carbons (Fsp3) is 0.667. The van der Waals surface area contributed by atoms with Crippen molar-refractivity contribution >= 4 is 0 Å². The summed E-state index contributed by atoms with van der Waals surface area (Å²) in [6.07, 6.45) is 1.74. The van der Waals surface area contributed by atoms with Crippen LogP contribution in [0.25, 0.3) is 0 Å². The highest BCUT2D eigenvalue weighted by Gasteiger charge is 2.16. The zero-order chi connectivity index (χ0) is 15.1. The van der Waals surface area contributed by atoms with Crippen LogP contribution in [-0.4, -0.2) is 50.8 Å². The molecule has 20 heavy (non-hydrogen) atoms. The molecule has 0 aromatic carbocycles. The van der Waals surface area contributed by atoms with Crippen LogP contribution < -0.4 is 14.8 Å². The molecule has 1 aromatic rings. The van der Waals surface area contributed by atoms with Crippen molar-refractivity contribution < 1.29 is 9.47 Å². The Morgan fingerprint density at radius 1 is 1.25 bits per heavy atom. The van der Waals surface area contributed by atoms with Gasteiger partial charge in [-0.05, 0) is 20.0 Å². The number of aromatic nitrogens is 1. The second kappa shape index (κ2) is 8.07. The molecule has 1 atom stereocenters. The van der Waals surface area contributed by atoms with Gasteiger partial charge in [0, 0.05) is 31.4 Å². The topological polar surface area (TPSA) is 46.6 Å². The van der Waals surface area contributed by atoms with E-state index >= 15 is 0 Å². The maximum Gasteiger partial charge on any atom is 0.183 e. The Hall–Kier alpha value is -1.33. The van der Waals surface area contributed by atoms with E-state index in [1.165, 1.54) is 0 Å². The number of ether oxygens (including phenoxy) is 2. The highest BCUT2D eigenvalue weighted by atomic mass is 16.5. The van der Waals surface area contributed by atoms with Gasteiger partial charge >= 0.3 is 0 Å². The molecule has 114 valence electrons. The van der Waals surface area contributed by atoms with Gasteiger partial charge in [-0.2, -0.15) is 0 Å². The van der Waals surface area contributed by atoms with E-state index in [2.05, 4.69) is 43.1 Å². The lowest BCUT2D eigenvalue weighted by atomic mass is 10.0. The second-order valence-electron chi connectivity index (χ2n) is 5.49. The van der Waals surface area contributed by atoms with Crippen LogP contribution in [0.4, 0.5) is 0 Å². The van der Waals surface area contributed by atoms with Crippen LogP contribution in [0, 0.1) is 5.92 Å². The van der Waals surface area contributed by atoms with E-state index in [9.17, 15) is 0 Å². The zero-order valence-electron chi connectivity index (χ0n) is 13.4. The molecule has 5 nitrogen and oxygen atoms in total. The molecular formula is C15H27N3O2. The number of rotatable bonds is 8. The van der Waals surface area contributed by atoms with E-state index in [-0.39, 0.29) is 0 Å². The summed E-state index contributed by atoms with van der Waals surface area (Å²) in [7, 11) is 7.45. The lowest BCUT2D eigenvalue weighted by molar-refractivity contribution is 0.285. The van der Waals surface area contributed by atoms with Crippen molar-refractivity contribution in [3.05, 3.63) is 18.0 Å². The molecule has 5 heteroatoms. The Labute approximate surface area is 122 Å². The Morgan fingerprint density at radius 2 is 1.95 bits per heavy atom. The fourth-order valence-corrected chi connectivity index (χ4v) is 2.11. The molecule has 1 N–H and O–H groups in total. The monoisotopic (exact) mass is 281 g/mol. The van der Waals surface area contributed by atoms with Crippen molar-refractivity contribution in [3.8, 4) is 11.5 Å². The fourth-order valence-electron chi connectivity index (χ4n) is 2.11. The molecule has 1 heterocycles. The third-order valence-electron chi connectivity index (χ3n) is 3.26. The van der Waals surface area contributed by atoms with Gasteiger partial charge in [0.05, 0.1) is 19.9 Å². The van der Waals surface area contributed by atoms with Crippen LogP contribution in [0.2, 0.25) is 0 Å². The minimum Gasteiger partial charge on any atom is -0.493 e. The number of likely N-dealkylation sites (N-methyl/N-ethyl adjacent to an activating group) is 1. The lowest BCUT2D eigenvalue weighted by Crippen LogP contribution is -2.41. The van der Waals surface area contributed by atoms with Crippen LogP contribution in [0.3, 0.4) is 0 Å². The van der Waals surface area contributed by atoms with Gasteiger partial charge in [0.2, 0.25) is 0 Å². The maximum absolute atomic E-state index is 5.40. The van der Waals surface area contributed by atoms with Crippen molar-refractivity contribution in [3.63, 3.8) is 0 Å². The van der Waals surface area contributed by atoms with Gasteiger partial charge in [-0.15, -0.1) is 0 Å². The van der Waals surface area contributed by atoms with Crippen LogP contribution >= 0.6 is 0 Å². The summed E-state index contributed by atoms with van der Waals surface area (Å²) in [4.78, 5) is 6.58. The van der Waals surface area contributed by atoms with E-state index < -0.39 is 0 Å². The van der Waals surface area contributed by atoms with Crippen molar-refractivity contribution in [2.24, 2.45) is 5.92 Å². The summed E-state index contributed by atoms with van der Waals surface area (Å²) in [6, 6.07) is 2.21. The molecule has 0 saturated carbocycles. The molecule has 0 radical (unpaired) electrons. The molecule has 0 amide bonds. The van der Waals surface area contributed by atoms with Crippen LogP contribution in [-0.2, 0) is 6.54 Å². The molecule has 0 saturated heterocycles. The largest absolute Gasteiger partial charge is 0.493 e. The van der Waals surface area contributed by atoms with Crippen molar-refractivity contribution in [1.82, 2.24) is 15.2 Å². The summed E-state index contributed by atoms with van der Waals surface area (Å²) in [6.45, 7) is 6.09. The van der Waals surface area contributed by atoms with Gasteiger partial charge in [-0.1, -0.05) is 13.8 Å². The number of pyridine rings is 1. The average Bonchev–Trinajstić information content (AvgIpc) is 2.42. The first-order valence-corrected chi connectivity index (χ1v) is 6.93. The van der Waals surface area contributed by atoms with Crippen LogP contribution in [0.15, 0.2) is 12.3 Å². The molecule has 0 aliphatic carbocycles. The molecule has 0 spiro atoms. The van der Waals surface area contributed by atoms with Gasteiger partial charge in [-0.3, -0.25) is 4.98 Å².